The van der Waals surface area contributed by atoms with Crippen LogP contribution in [0.25, 0.3) is 5.69 Å². The zero-order valence-corrected chi connectivity index (χ0v) is 20.2. The van der Waals surface area contributed by atoms with Crippen LogP contribution in [0.15, 0.2) is 59.4 Å². The smallest absolute Gasteiger partial charge is 0.346 e. The van der Waals surface area contributed by atoms with Gasteiger partial charge in [0.15, 0.2) is 5.69 Å². The molecule has 10 heteroatoms. The molecule has 1 N–H and O–H groups in total. The lowest BCUT2D eigenvalue weighted by Gasteiger charge is -2.32. The van der Waals surface area contributed by atoms with Gasteiger partial charge in [-0.25, -0.2) is 4.68 Å². The van der Waals surface area contributed by atoms with Gasteiger partial charge in [-0.05, 0) is 43.3 Å². The van der Waals surface area contributed by atoms with E-state index in [9.17, 15) is 22.8 Å². The highest BCUT2D eigenvalue weighted by molar-refractivity contribution is 5.92. The van der Waals surface area contributed by atoms with Crippen LogP contribution in [-0.2, 0) is 19.3 Å². The van der Waals surface area contributed by atoms with E-state index in [2.05, 4.69) is 27.3 Å². The molecule has 1 aromatic heterocycles. The van der Waals surface area contributed by atoms with Crippen LogP contribution in [0.3, 0.4) is 0 Å². The van der Waals surface area contributed by atoms with Gasteiger partial charge in [-0.1, -0.05) is 30.3 Å². The fourth-order valence-electron chi connectivity index (χ4n) is 4.07. The summed E-state index contributed by atoms with van der Waals surface area (Å²) in [6.07, 6.45) is -4.52. The first kappa shape index (κ1) is 25.6. The van der Waals surface area contributed by atoms with Crippen molar-refractivity contribution < 1.29 is 18.0 Å². The first-order valence-electron chi connectivity index (χ1n) is 11.7. The minimum Gasteiger partial charge on any atom is -0.346 e. The standard InChI is InChI=1S/C26H28F3N5O2/c1-18-14-23(35)24(31-34(18)22-5-3-4-21(15-22)26(27,28)29)25(36)30-16-19-6-8-20(9-7-19)17-33-12-10-32(2)11-13-33/h3-9,14-15H,10-13,16-17H2,1-2H3,(H,30,36). The molecule has 2 aromatic carbocycles. The molecular weight excluding hydrogens is 471 g/mol. The number of piperazine rings is 1. The monoisotopic (exact) mass is 499 g/mol. The van der Waals surface area contributed by atoms with Crippen molar-refractivity contribution in [2.45, 2.75) is 26.2 Å². The van der Waals surface area contributed by atoms with E-state index in [4.69, 9.17) is 0 Å². The molecule has 36 heavy (non-hydrogen) atoms. The third-order valence-electron chi connectivity index (χ3n) is 6.22. The lowest BCUT2D eigenvalue weighted by Crippen LogP contribution is -2.43. The first-order valence-corrected chi connectivity index (χ1v) is 11.7. The number of aromatic nitrogens is 2. The lowest BCUT2D eigenvalue weighted by atomic mass is 10.1. The number of likely N-dealkylation sites (N-methyl/N-ethyl adjacent to an activating group) is 1. The Morgan fingerprint density at radius 1 is 1.00 bits per heavy atom. The Bertz CT molecular complexity index is 1280. The topological polar surface area (TPSA) is 70.5 Å². The number of carbonyl (C=O) groups is 1. The molecule has 1 saturated heterocycles. The van der Waals surface area contributed by atoms with Crippen LogP contribution in [0, 0.1) is 6.92 Å². The van der Waals surface area contributed by atoms with Crippen LogP contribution in [0.2, 0.25) is 0 Å². The molecule has 0 bridgehead atoms. The molecule has 7 nitrogen and oxygen atoms in total. The van der Waals surface area contributed by atoms with Gasteiger partial charge in [-0.2, -0.15) is 18.3 Å². The van der Waals surface area contributed by atoms with Gasteiger partial charge in [-0.3, -0.25) is 14.5 Å². The van der Waals surface area contributed by atoms with Crippen LogP contribution in [0.5, 0.6) is 0 Å². The second kappa shape index (κ2) is 10.6. The van der Waals surface area contributed by atoms with E-state index in [1.54, 1.807) is 6.92 Å². The minimum atomic E-state index is -4.52. The quantitative estimate of drug-likeness (QED) is 0.564. The number of aryl methyl sites for hydroxylation is 1. The van der Waals surface area contributed by atoms with E-state index in [1.165, 1.54) is 28.4 Å². The summed E-state index contributed by atoms with van der Waals surface area (Å²) < 4.78 is 40.5. The SMILES string of the molecule is Cc1cc(=O)c(C(=O)NCc2ccc(CN3CCN(C)CC3)cc2)nn1-c1cccc(C(F)(F)F)c1. The number of carbonyl (C=O) groups excluding carboxylic acids is 1. The Morgan fingerprint density at radius 3 is 2.33 bits per heavy atom. The summed E-state index contributed by atoms with van der Waals surface area (Å²) >= 11 is 0. The molecule has 3 aromatic rings. The van der Waals surface area contributed by atoms with Crippen LogP contribution in [0.4, 0.5) is 13.2 Å². The number of nitrogens with zero attached hydrogens (tertiary/aromatic N) is 4. The van der Waals surface area contributed by atoms with Crippen molar-refractivity contribution in [2.24, 2.45) is 0 Å². The second-order valence-electron chi connectivity index (χ2n) is 9.04. The molecule has 2 heterocycles. The molecule has 1 aliphatic rings. The van der Waals surface area contributed by atoms with E-state index in [-0.39, 0.29) is 17.9 Å². The maximum Gasteiger partial charge on any atom is 0.416 e. The summed E-state index contributed by atoms with van der Waals surface area (Å²) in [6, 6.07) is 13.6. The number of hydrogen-bond acceptors (Lipinski definition) is 5. The summed E-state index contributed by atoms with van der Waals surface area (Å²) in [4.78, 5) is 29.9. The summed E-state index contributed by atoms with van der Waals surface area (Å²) in [6.45, 7) is 6.74. The Kier molecular flexibility index (Phi) is 7.56. The summed E-state index contributed by atoms with van der Waals surface area (Å²) in [5, 5.41) is 6.76. The number of nitrogens with one attached hydrogen (secondary N) is 1. The number of rotatable bonds is 6. The molecule has 0 saturated carbocycles. The number of amides is 1. The van der Waals surface area contributed by atoms with Crippen molar-refractivity contribution in [3.63, 3.8) is 0 Å². The zero-order chi connectivity index (χ0) is 25.9. The Balaban J connectivity index is 1.43. The summed E-state index contributed by atoms with van der Waals surface area (Å²) in [5.41, 5.74) is 0.621. The molecule has 1 amide bonds. The van der Waals surface area contributed by atoms with Gasteiger partial charge >= 0.3 is 6.18 Å². The van der Waals surface area contributed by atoms with Gasteiger partial charge in [0.1, 0.15) is 0 Å². The largest absolute Gasteiger partial charge is 0.416 e. The van der Waals surface area contributed by atoms with Crippen molar-refractivity contribution in [1.29, 1.82) is 0 Å². The van der Waals surface area contributed by atoms with E-state index in [0.717, 1.165) is 50.4 Å². The highest BCUT2D eigenvalue weighted by Crippen LogP contribution is 2.30. The predicted molar refractivity (Wildman–Crippen MR) is 130 cm³/mol. The van der Waals surface area contributed by atoms with Gasteiger partial charge in [0, 0.05) is 51.0 Å². The highest BCUT2D eigenvalue weighted by Gasteiger charge is 2.30. The van der Waals surface area contributed by atoms with E-state index in [1.807, 2.05) is 24.3 Å². The predicted octanol–water partition coefficient (Wildman–Crippen LogP) is 3.24. The molecule has 4 rings (SSSR count). The lowest BCUT2D eigenvalue weighted by molar-refractivity contribution is -0.137. The van der Waals surface area contributed by atoms with Crippen molar-refractivity contribution >= 4 is 5.91 Å². The molecule has 0 spiro atoms. The molecule has 0 unspecified atom stereocenters. The van der Waals surface area contributed by atoms with Crippen LogP contribution < -0.4 is 10.7 Å². The average Bonchev–Trinajstić information content (AvgIpc) is 2.84. The third kappa shape index (κ3) is 6.19. The maximum absolute atomic E-state index is 13.1. The van der Waals surface area contributed by atoms with Gasteiger partial charge in [0.2, 0.25) is 5.43 Å². The second-order valence-corrected chi connectivity index (χ2v) is 9.04. The van der Waals surface area contributed by atoms with Crippen molar-refractivity contribution in [2.75, 3.05) is 33.2 Å². The van der Waals surface area contributed by atoms with E-state index in [0.29, 0.717) is 5.69 Å². The fraction of sp³-hybridized carbons (Fsp3) is 0.346. The summed E-state index contributed by atoms with van der Waals surface area (Å²) in [7, 11) is 2.12. The van der Waals surface area contributed by atoms with Gasteiger partial charge < -0.3 is 10.2 Å². The van der Waals surface area contributed by atoms with Gasteiger partial charge in [-0.15, -0.1) is 0 Å². The highest BCUT2D eigenvalue weighted by atomic mass is 19.4. The van der Waals surface area contributed by atoms with Crippen LogP contribution in [-0.4, -0.2) is 58.7 Å². The van der Waals surface area contributed by atoms with Crippen LogP contribution in [0.1, 0.15) is 32.9 Å². The molecule has 0 radical (unpaired) electrons. The normalized spacial score (nSPS) is 15.1. The Hall–Kier alpha value is -3.50. The molecule has 0 aliphatic carbocycles. The van der Waals surface area contributed by atoms with Crippen LogP contribution >= 0.6 is 0 Å². The van der Waals surface area contributed by atoms with E-state index < -0.39 is 23.1 Å². The maximum atomic E-state index is 13.1. The number of hydrogen-bond donors (Lipinski definition) is 1. The van der Waals surface area contributed by atoms with Crippen molar-refractivity contribution in [1.82, 2.24) is 24.9 Å². The Labute approximate surface area is 207 Å². The average molecular weight is 500 g/mol. The summed E-state index contributed by atoms with van der Waals surface area (Å²) in [5.74, 6) is -0.692. The Morgan fingerprint density at radius 2 is 1.67 bits per heavy atom. The first-order chi connectivity index (χ1) is 17.1. The zero-order valence-electron chi connectivity index (χ0n) is 20.2. The minimum absolute atomic E-state index is 0.104. The molecule has 1 fully saturated rings. The van der Waals surface area contributed by atoms with Gasteiger partial charge in [0.05, 0.1) is 11.3 Å². The molecule has 0 atom stereocenters. The van der Waals surface area contributed by atoms with Crippen molar-refractivity contribution in [3.05, 3.63) is 92.9 Å². The molecule has 190 valence electrons. The fourth-order valence-corrected chi connectivity index (χ4v) is 4.07. The number of alkyl halides is 3. The third-order valence-corrected chi connectivity index (χ3v) is 6.22. The van der Waals surface area contributed by atoms with Gasteiger partial charge in [0.25, 0.3) is 5.91 Å². The number of benzene rings is 2. The molecule has 1 aliphatic heterocycles. The molecular formula is C26H28F3N5O2. The van der Waals surface area contributed by atoms with E-state index >= 15 is 0 Å². The van der Waals surface area contributed by atoms with Crippen molar-refractivity contribution in [3.8, 4) is 5.69 Å². The number of halogens is 3.